The van der Waals surface area contributed by atoms with E-state index in [4.69, 9.17) is 9.97 Å². The Morgan fingerprint density at radius 1 is 0.344 bits per heavy atom. The molecular formula is C56H30N8. The Kier molecular flexibility index (Phi) is 8.85. The maximum Gasteiger partial charge on any atom is 0.161 e. The van der Waals surface area contributed by atoms with Crippen molar-refractivity contribution in [3.05, 3.63) is 204 Å². The minimum Gasteiger partial charge on any atom is -0.309 e. The van der Waals surface area contributed by atoms with Gasteiger partial charge < -0.3 is 9.13 Å². The second-order valence-electron chi connectivity index (χ2n) is 15.5. The van der Waals surface area contributed by atoms with Crippen LogP contribution in [0.5, 0.6) is 0 Å². The van der Waals surface area contributed by atoms with E-state index in [0.29, 0.717) is 50.6 Å². The predicted octanol–water partition coefficient (Wildman–Crippen LogP) is 12.8. The lowest BCUT2D eigenvalue weighted by Crippen LogP contribution is -1.98. The maximum atomic E-state index is 9.91. The second kappa shape index (κ2) is 15.1. The van der Waals surface area contributed by atoms with E-state index in [9.17, 15) is 21.0 Å². The van der Waals surface area contributed by atoms with E-state index in [1.165, 1.54) is 0 Å². The topological polar surface area (TPSA) is 131 Å². The van der Waals surface area contributed by atoms with Crippen molar-refractivity contribution < 1.29 is 0 Å². The summed E-state index contributed by atoms with van der Waals surface area (Å²) in [5, 5.41) is 43.3. The van der Waals surface area contributed by atoms with Gasteiger partial charge in [0.15, 0.2) is 5.82 Å². The number of nitrogens with zero attached hydrogens (tertiary/aromatic N) is 8. The third-order valence-corrected chi connectivity index (χ3v) is 11.9. The van der Waals surface area contributed by atoms with Gasteiger partial charge in [0.1, 0.15) is 0 Å². The molecule has 0 aliphatic heterocycles. The molecule has 0 aliphatic carbocycles. The van der Waals surface area contributed by atoms with Gasteiger partial charge in [-0.05, 0) is 108 Å². The lowest BCUT2D eigenvalue weighted by molar-refractivity contribution is 1.16. The van der Waals surface area contributed by atoms with Gasteiger partial charge in [-0.15, -0.1) is 0 Å². The minimum absolute atomic E-state index is 0.412. The molecule has 8 heteroatoms. The molecule has 0 amide bonds. The Balaban J connectivity index is 0.962. The second-order valence-corrected chi connectivity index (χ2v) is 15.5. The van der Waals surface area contributed by atoms with Crippen molar-refractivity contribution in [3.8, 4) is 80.7 Å². The zero-order chi connectivity index (χ0) is 43.3. The first kappa shape index (κ1) is 37.4. The summed E-state index contributed by atoms with van der Waals surface area (Å²) in [4.78, 5) is 9.81. The van der Waals surface area contributed by atoms with E-state index in [1.807, 2.05) is 91.0 Å². The summed E-state index contributed by atoms with van der Waals surface area (Å²) in [6.07, 6.45) is 0. The van der Waals surface area contributed by atoms with Crippen LogP contribution >= 0.6 is 0 Å². The standard InChI is InChI=1S/C56H30N8/c57-31-35-13-24-53-47(27-35)48-28-36(32-58)14-25-54(48)64(53)43-23-26-55-49(29-43)46-11-5-6-12-52(46)63(55)42-21-19-38(20-22-42)37-15-17-39(18-16-37)50-30-51(44-9-3-1-7-40(44)33-59)62-56(61-50)45-10-4-2-8-41(45)34-60/h1-30H. The molecular weight excluding hydrogens is 785 g/mol. The van der Waals surface area contributed by atoms with Crippen molar-refractivity contribution in [2.75, 3.05) is 0 Å². The number of aromatic nitrogens is 4. The van der Waals surface area contributed by atoms with Crippen LogP contribution in [0.4, 0.5) is 0 Å². The Bertz CT molecular complexity index is 3730. The quantitative estimate of drug-likeness (QED) is 0.164. The first-order chi connectivity index (χ1) is 31.5. The molecule has 8 aromatic carbocycles. The van der Waals surface area contributed by atoms with Crippen molar-refractivity contribution in [2.45, 2.75) is 0 Å². The molecule has 64 heavy (non-hydrogen) atoms. The molecule has 11 aromatic rings. The highest BCUT2D eigenvalue weighted by molar-refractivity contribution is 6.12. The molecule has 0 bridgehead atoms. The van der Waals surface area contributed by atoms with Crippen LogP contribution in [-0.4, -0.2) is 19.1 Å². The van der Waals surface area contributed by atoms with E-state index < -0.39 is 0 Å². The van der Waals surface area contributed by atoms with Crippen LogP contribution in [0.2, 0.25) is 0 Å². The summed E-state index contributed by atoms with van der Waals surface area (Å²) in [6.45, 7) is 0. The van der Waals surface area contributed by atoms with Gasteiger partial charge in [0.2, 0.25) is 0 Å². The number of hydrogen-bond acceptors (Lipinski definition) is 6. The Morgan fingerprint density at radius 2 is 0.812 bits per heavy atom. The highest BCUT2D eigenvalue weighted by Gasteiger charge is 2.19. The van der Waals surface area contributed by atoms with Crippen LogP contribution in [0.15, 0.2) is 182 Å². The van der Waals surface area contributed by atoms with E-state index in [1.54, 1.807) is 12.1 Å². The third-order valence-electron chi connectivity index (χ3n) is 11.9. The van der Waals surface area contributed by atoms with E-state index in [0.717, 1.165) is 71.7 Å². The van der Waals surface area contributed by atoms with Crippen LogP contribution in [-0.2, 0) is 0 Å². The van der Waals surface area contributed by atoms with Gasteiger partial charge in [-0.2, -0.15) is 21.0 Å². The molecule has 0 N–H and O–H groups in total. The van der Waals surface area contributed by atoms with Crippen molar-refractivity contribution in [2.24, 2.45) is 0 Å². The van der Waals surface area contributed by atoms with Crippen LogP contribution in [0.3, 0.4) is 0 Å². The van der Waals surface area contributed by atoms with E-state index >= 15 is 0 Å². The first-order valence-corrected chi connectivity index (χ1v) is 20.5. The molecule has 0 saturated carbocycles. The molecule has 3 heterocycles. The van der Waals surface area contributed by atoms with E-state index in [-0.39, 0.29) is 0 Å². The fourth-order valence-electron chi connectivity index (χ4n) is 8.89. The molecule has 8 nitrogen and oxygen atoms in total. The van der Waals surface area contributed by atoms with Crippen molar-refractivity contribution in [1.29, 1.82) is 21.0 Å². The number of nitriles is 4. The van der Waals surface area contributed by atoms with Crippen LogP contribution in [0.25, 0.3) is 100 Å². The average molecular weight is 815 g/mol. The van der Waals surface area contributed by atoms with Gasteiger partial charge in [0.05, 0.1) is 80.0 Å². The monoisotopic (exact) mass is 814 g/mol. The minimum atomic E-state index is 0.412. The van der Waals surface area contributed by atoms with Gasteiger partial charge in [-0.3, -0.25) is 0 Å². The number of benzene rings is 8. The molecule has 0 aliphatic rings. The highest BCUT2D eigenvalue weighted by atomic mass is 15.0. The van der Waals surface area contributed by atoms with Gasteiger partial charge in [-0.25, -0.2) is 9.97 Å². The molecule has 0 unspecified atom stereocenters. The molecule has 0 radical (unpaired) electrons. The lowest BCUT2D eigenvalue weighted by Gasteiger charge is -2.12. The average Bonchev–Trinajstić information content (AvgIpc) is 3.87. The summed E-state index contributed by atoms with van der Waals surface area (Å²) in [5.74, 6) is 0.412. The molecule has 0 spiro atoms. The summed E-state index contributed by atoms with van der Waals surface area (Å²) in [7, 11) is 0. The zero-order valence-corrected chi connectivity index (χ0v) is 33.9. The summed E-state index contributed by atoms with van der Waals surface area (Å²) in [5.41, 5.74) is 13.8. The smallest absolute Gasteiger partial charge is 0.161 e. The van der Waals surface area contributed by atoms with Gasteiger partial charge >= 0.3 is 0 Å². The van der Waals surface area contributed by atoms with Gasteiger partial charge in [0.25, 0.3) is 0 Å². The Morgan fingerprint density at radius 3 is 1.45 bits per heavy atom. The number of rotatable bonds is 6. The summed E-state index contributed by atoms with van der Waals surface area (Å²) < 4.78 is 4.51. The largest absolute Gasteiger partial charge is 0.309 e. The molecule has 294 valence electrons. The molecule has 0 saturated heterocycles. The third kappa shape index (κ3) is 6.12. The molecule has 3 aromatic heterocycles. The normalized spacial score (nSPS) is 11.1. The summed E-state index contributed by atoms with van der Waals surface area (Å²) in [6, 6.07) is 68.9. The van der Waals surface area contributed by atoms with Crippen LogP contribution in [0, 0.1) is 45.3 Å². The Hall–Kier alpha value is -9.60. The molecule has 11 rings (SSSR count). The lowest BCUT2D eigenvalue weighted by atomic mass is 10.00. The van der Waals surface area contributed by atoms with Crippen LogP contribution in [0.1, 0.15) is 22.3 Å². The molecule has 0 atom stereocenters. The van der Waals surface area contributed by atoms with Gasteiger partial charge in [0, 0.05) is 49.6 Å². The van der Waals surface area contributed by atoms with Crippen molar-refractivity contribution >= 4 is 43.6 Å². The fourth-order valence-corrected chi connectivity index (χ4v) is 8.89. The number of hydrogen-bond donors (Lipinski definition) is 0. The zero-order valence-electron chi connectivity index (χ0n) is 33.9. The highest BCUT2D eigenvalue weighted by Crippen LogP contribution is 2.38. The number of fused-ring (bicyclic) bond motifs is 6. The first-order valence-electron chi connectivity index (χ1n) is 20.5. The maximum absolute atomic E-state index is 9.91. The fraction of sp³-hybridized carbons (Fsp3) is 0. The summed E-state index contributed by atoms with van der Waals surface area (Å²) >= 11 is 0. The predicted molar refractivity (Wildman–Crippen MR) is 251 cm³/mol. The van der Waals surface area contributed by atoms with E-state index in [2.05, 4.69) is 112 Å². The molecule has 0 fully saturated rings. The van der Waals surface area contributed by atoms with Crippen molar-refractivity contribution in [1.82, 2.24) is 19.1 Å². The SMILES string of the molecule is N#Cc1ccc2c(c1)c1cc(C#N)ccc1n2-c1ccc2c(c1)c1ccccc1n2-c1ccc(-c2ccc(-c3cc(-c4ccccc4C#N)nc(-c4ccccc4C#N)n3)cc2)cc1. The number of para-hydroxylation sites is 1. The van der Waals surface area contributed by atoms with Crippen LogP contribution < -0.4 is 0 Å². The van der Waals surface area contributed by atoms with Crippen molar-refractivity contribution in [3.63, 3.8) is 0 Å². The Labute approximate surface area is 367 Å². The van der Waals surface area contributed by atoms with Gasteiger partial charge in [-0.1, -0.05) is 84.9 Å².